The highest BCUT2D eigenvalue weighted by Gasteiger charge is 2.57. The Morgan fingerprint density at radius 3 is 2.44 bits per heavy atom. The Kier molecular flexibility index (Phi) is 9.41. The maximum absolute atomic E-state index is 11.7. The van der Waals surface area contributed by atoms with Gasteiger partial charge in [0.15, 0.2) is 0 Å². The first-order valence-corrected chi connectivity index (χ1v) is 15.1. The lowest BCUT2D eigenvalue weighted by molar-refractivity contribution is -0.121. The minimum Gasteiger partial charge on any atom is -0.508 e. The fourth-order valence-corrected chi connectivity index (χ4v) is 8.28. The number of aliphatic hydroxyl groups excluding tert-OH is 1. The number of carbonyl (C=O) groups excluding carboxylic acids is 1. The maximum atomic E-state index is 11.7. The summed E-state index contributed by atoms with van der Waals surface area (Å²) in [5.74, 6) is 3.17. The van der Waals surface area contributed by atoms with E-state index in [1.54, 1.807) is 0 Å². The molecular formula is C32H51NO3. The van der Waals surface area contributed by atoms with E-state index in [2.05, 4.69) is 18.3 Å². The van der Waals surface area contributed by atoms with Crippen molar-refractivity contribution in [3.8, 4) is 5.75 Å². The average Bonchev–Trinajstić information content (AvgIpc) is 3.13. The number of aryl methyl sites for hydroxylation is 1. The number of phenols is 1. The van der Waals surface area contributed by atoms with E-state index in [4.69, 9.17) is 0 Å². The third-order valence-corrected chi connectivity index (χ3v) is 9.96. The molecule has 1 amide bonds. The van der Waals surface area contributed by atoms with E-state index in [-0.39, 0.29) is 23.5 Å². The fraction of sp³-hybridized carbons (Fsp3) is 0.781. The number of phenolic OH excluding ortho intramolecular Hbond substituents is 1. The van der Waals surface area contributed by atoms with E-state index in [0.717, 1.165) is 32.1 Å². The number of nitrogens with one attached hydrogen (secondary N) is 1. The van der Waals surface area contributed by atoms with Crippen molar-refractivity contribution < 1.29 is 15.0 Å². The molecule has 0 saturated heterocycles. The van der Waals surface area contributed by atoms with Crippen molar-refractivity contribution in [2.45, 2.75) is 135 Å². The van der Waals surface area contributed by atoms with Gasteiger partial charge in [-0.1, -0.05) is 57.9 Å². The molecular weight excluding hydrogens is 446 g/mol. The second-order valence-electron chi connectivity index (χ2n) is 12.9. The van der Waals surface area contributed by atoms with Crippen LogP contribution >= 0.6 is 0 Å². The molecule has 1 aromatic rings. The number of hydrogen-bond donors (Lipinski definition) is 3. The van der Waals surface area contributed by atoms with Crippen molar-refractivity contribution in [3.05, 3.63) is 29.3 Å². The summed E-state index contributed by atoms with van der Waals surface area (Å²) in [5, 5.41) is 24.0. The van der Waals surface area contributed by atoms with Crippen LogP contribution in [0.2, 0.25) is 0 Å². The lowest BCUT2D eigenvalue weighted by atomic mass is 9.51. The molecule has 0 heterocycles. The molecule has 2 saturated carbocycles. The predicted octanol–water partition coefficient (Wildman–Crippen LogP) is 7.26. The van der Waals surface area contributed by atoms with Gasteiger partial charge in [-0.2, -0.15) is 0 Å². The van der Waals surface area contributed by atoms with E-state index in [1.807, 2.05) is 26.0 Å². The number of unbranched alkanes of at least 4 members (excludes halogenated alkanes) is 7. The number of hydrogen-bond acceptors (Lipinski definition) is 3. The van der Waals surface area contributed by atoms with Crippen LogP contribution in [0.4, 0.5) is 0 Å². The van der Waals surface area contributed by atoms with Crippen LogP contribution in [-0.4, -0.2) is 28.3 Å². The third-order valence-electron chi connectivity index (χ3n) is 9.96. The van der Waals surface area contributed by atoms with Gasteiger partial charge in [0.05, 0.1) is 6.10 Å². The van der Waals surface area contributed by atoms with Crippen LogP contribution in [0.1, 0.15) is 128 Å². The van der Waals surface area contributed by atoms with Crippen molar-refractivity contribution >= 4 is 5.91 Å². The number of aromatic hydroxyl groups is 1. The first kappa shape index (κ1) is 27.5. The molecule has 2 fully saturated rings. The zero-order valence-corrected chi connectivity index (χ0v) is 23.1. The van der Waals surface area contributed by atoms with Crippen LogP contribution in [0, 0.1) is 23.2 Å². The largest absolute Gasteiger partial charge is 0.508 e. The van der Waals surface area contributed by atoms with Gasteiger partial charge in [-0.15, -0.1) is 0 Å². The molecule has 4 rings (SSSR count). The molecule has 3 aliphatic carbocycles. The summed E-state index contributed by atoms with van der Waals surface area (Å²) in [6.45, 7) is 6.41. The number of carbonyl (C=O) groups is 1. The summed E-state index contributed by atoms with van der Waals surface area (Å²) in [5.41, 5.74) is 2.96. The molecule has 0 bridgehead atoms. The van der Waals surface area contributed by atoms with Crippen molar-refractivity contribution in [3.63, 3.8) is 0 Å². The molecule has 3 N–H and O–H groups in total. The quantitative estimate of drug-likeness (QED) is 0.266. The number of fused-ring (bicyclic) bond motifs is 5. The van der Waals surface area contributed by atoms with E-state index in [0.29, 0.717) is 35.8 Å². The minimum atomic E-state index is -0.136. The zero-order chi connectivity index (χ0) is 25.7. The molecule has 1 aromatic carbocycles. The van der Waals surface area contributed by atoms with Crippen molar-refractivity contribution in [2.24, 2.45) is 23.2 Å². The number of aliphatic hydroxyl groups is 1. The van der Waals surface area contributed by atoms with Crippen molar-refractivity contribution in [2.75, 3.05) is 0 Å². The molecule has 0 unspecified atom stereocenters. The van der Waals surface area contributed by atoms with Crippen LogP contribution < -0.4 is 5.32 Å². The first-order chi connectivity index (χ1) is 17.3. The summed E-state index contributed by atoms with van der Waals surface area (Å²) < 4.78 is 0. The van der Waals surface area contributed by atoms with Gasteiger partial charge in [-0.05, 0) is 111 Å². The summed E-state index contributed by atoms with van der Waals surface area (Å²) in [7, 11) is 0. The third kappa shape index (κ3) is 6.29. The molecule has 0 aromatic heterocycles. The summed E-state index contributed by atoms with van der Waals surface area (Å²) in [6, 6.07) is 6.36. The summed E-state index contributed by atoms with van der Waals surface area (Å²) in [4.78, 5) is 11.7. The van der Waals surface area contributed by atoms with E-state index in [9.17, 15) is 15.0 Å². The topological polar surface area (TPSA) is 69.6 Å². The number of benzene rings is 1. The van der Waals surface area contributed by atoms with Crippen LogP contribution in [0.5, 0.6) is 5.75 Å². The van der Waals surface area contributed by atoms with Gasteiger partial charge in [-0.25, -0.2) is 0 Å². The second-order valence-corrected chi connectivity index (χ2v) is 12.9. The maximum Gasteiger partial charge on any atom is 0.220 e. The highest BCUT2D eigenvalue weighted by Crippen LogP contribution is 2.63. The molecule has 0 spiro atoms. The molecule has 6 atom stereocenters. The molecule has 0 aliphatic heterocycles. The average molecular weight is 498 g/mol. The fourth-order valence-electron chi connectivity index (χ4n) is 8.28. The van der Waals surface area contributed by atoms with E-state index < -0.39 is 0 Å². The van der Waals surface area contributed by atoms with Gasteiger partial charge in [0.1, 0.15) is 5.75 Å². The van der Waals surface area contributed by atoms with Gasteiger partial charge in [-0.3, -0.25) is 4.79 Å². The molecule has 4 heteroatoms. The Morgan fingerprint density at radius 1 is 1.03 bits per heavy atom. The van der Waals surface area contributed by atoms with Crippen LogP contribution in [0.3, 0.4) is 0 Å². The molecule has 4 nitrogen and oxygen atoms in total. The Balaban J connectivity index is 1.23. The monoisotopic (exact) mass is 497 g/mol. The molecule has 0 radical (unpaired) electrons. The molecule has 3 aliphatic rings. The lowest BCUT2D eigenvalue weighted by Crippen LogP contribution is -2.47. The van der Waals surface area contributed by atoms with Crippen LogP contribution in [0.15, 0.2) is 18.2 Å². The van der Waals surface area contributed by atoms with Gasteiger partial charge in [0.25, 0.3) is 0 Å². The smallest absolute Gasteiger partial charge is 0.220 e. The normalized spacial score (nSPS) is 31.1. The van der Waals surface area contributed by atoms with Gasteiger partial charge < -0.3 is 15.5 Å². The number of amides is 1. The molecule has 202 valence electrons. The van der Waals surface area contributed by atoms with Gasteiger partial charge >= 0.3 is 0 Å². The highest BCUT2D eigenvalue weighted by molar-refractivity contribution is 5.76. The summed E-state index contributed by atoms with van der Waals surface area (Å²) >= 11 is 0. The Morgan fingerprint density at radius 2 is 1.72 bits per heavy atom. The van der Waals surface area contributed by atoms with Crippen LogP contribution in [-0.2, 0) is 11.2 Å². The van der Waals surface area contributed by atoms with Crippen molar-refractivity contribution in [1.29, 1.82) is 0 Å². The highest BCUT2D eigenvalue weighted by atomic mass is 16.3. The van der Waals surface area contributed by atoms with E-state index >= 15 is 0 Å². The Labute approximate surface area is 219 Å². The Bertz CT molecular complexity index is 867. The van der Waals surface area contributed by atoms with Crippen LogP contribution in [0.25, 0.3) is 0 Å². The zero-order valence-electron chi connectivity index (χ0n) is 23.1. The first-order valence-electron chi connectivity index (χ1n) is 15.1. The minimum absolute atomic E-state index is 0.0896. The van der Waals surface area contributed by atoms with Crippen molar-refractivity contribution in [1.82, 2.24) is 5.32 Å². The standard InChI is InChI=1S/C32H51NO3/c1-22(2)33-30(36)13-11-9-7-5-4-6-8-10-12-24-21-32(3)28(18-19-29(32)35)27-16-14-23-20-25(34)15-17-26(23)31(24)27/h15,17,20,22,24,27-29,31,34-35H,4-14,16,18-19,21H2,1-3H3,(H,33,36)/t24-,27-,28-,29-,31+,32-/m0/s1. The molecule has 36 heavy (non-hydrogen) atoms. The van der Waals surface area contributed by atoms with E-state index in [1.165, 1.54) is 68.9 Å². The number of rotatable bonds is 12. The Hall–Kier alpha value is -1.55. The second kappa shape index (κ2) is 12.3. The van der Waals surface area contributed by atoms with Gasteiger partial charge in [0, 0.05) is 12.5 Å². The van der Waals surface area contributed by atoms with Gasteiger partial charge in [0.2, 0.25) is 5.91 Å². The SMILES string of the molecule is CC(C)NC(=O)CCCCCCCCCC[C@H]1C[C@]2(C)[C@@H](O)CC[C@H]2[C@@H]2CCc3cc(O)ccc3[C@@H]12. The lowest BCUT2D eigenvalue weighted by Gasteiger charge is -2.54. The predicted molar refractivity (Wildman–Crippen MR) is 147 cm³/mol. The summed E-state index contributed by atoms with van der Waals surface area (Å²) in [6.07, 6.45) is 17.3.